The van der Waals surface area contributed by atoms with Crippen molar-refractivity contribution in [3.63, 3.8) is 0 Å². The van der Waals surface area contributed by atoms with Crippen LogP contribution in [0.1, 0.15) is 10.4 Å². The summed E-state index contributed by atoms with van der Waals surface area (Å²) >= 11 is 3.39. The maximum atomic E-state index is 12.5. The average molecular weight is 387 g/mol. The monoisotopic (exact) mass is 386 g/mol. The lowest BCUT2D eigenvalue weighted by Crippen LogP contribution is -2.12. The fraction of sp³-hybridized carbons (Fsp3) is 0.118. The number of hydrogen-bond donors (Lipinski definition) is 1. The molecule has 0 unspecified atom stereocenters. The summed E-state index contributed by atoms with van der Waals surface area (Å²) in [7, 11) is 3.43. The molecule has 3 aromatic rings. The molecule has 0 saturated heterocycles. The summed E-state index contributed by atoms with van der Waals surface area (Å²) in [6, 6.07) is 12.7. The fourth-order valence-electron chi connectivity index (χ4n) is 2.28. The Bertz CT molecular complexity index is 892. The summed E-state index contributed by atoms with van der Waals surface area (Å²) in [5, 5.41) is 10.8. The van der Waals surface area contributed by atoms with Crippen molar-refractivity contribution < 1.29 is 9.53 Å². The Morgan fingerprint density at radius 3 is 2.79 bits per heavy atom. The van der Waals surface area contributed by atoms with Crippen molar-refractivity contribution in [1.29, 1.82) is 0 Å². The van der Waals surface area contributed by atoms with Gasteiger partial charge in [-0.2, -0.15) is 0 Å². The average Bonchev–Trinajstić information content (AvgIpc) is 3.01. The van der Waals surface area contributed by atoms with Gasteiger partial charge in [-0.3, -0.25) is 4.79 Å². The van der Waals surface area contributed by atoms with Crippen LogP contribution >= 0.6 is 15.9 Å². The molecule has 0 spiro atoms. The molecular weight excluding hydrogens is 372 g/mol. The molecule has 0 atom stereocenters. The number of carbonyl (C=O) groups excluding carboxylic acids is 1. The minimum atomic E-state index is -0.226. The number of anilines is 1. The Labute approximate surface area is 147 Å². The van der Waals surface area contributed by atoms with E-state index < -0.39 is 0 Å². The first-order valence-corrected chi connectivity index (χ1v) is 7.97. The highest BCUT2D eigenvalue weighted by Crippen LogP contribution is 2.25. The summed E-state index contributed by atoms with van der Waals surface area (Å²) in [6.07, 6.45) is 1.63. The van der Waals surface area contributed by atoms with Gasteiger partial charge >= 0.3 is 0 Å². The molecule has 6 nitrogen and oxygen atoms in total. The van der Waals surface area contributed by atoms with E-state index in [0.717, 1.165) is 11.4 Å². The van der Waals surface area contributed by atoms with E-state index in [0.29, 0.717) is 21.5 Å². The second-order valence-corrected chi connectivity index (χ2v) is 6.00. The molecule has 1 amide bonds. The van der Waals surface area contributed by atoms with E-state index in [9.17, 15) is 4.79 Å². The Hall–Kier alpha value is -2.67. The molecule has 2 aromatic carbocycles. The number of methoxy groups -OCH3 is 1. The highest BCUT2D eigenvalue weighted by molar-refractivity contribution is 9.10. The predicted molar refractivity (Wildman–Crippen MR) is 95.1 cm³/mol. The number of hydrogen-bond acceptors (Lipinski definition) is 4. The molecule has 0 fully saturated rings. The number of aryl methyl sites for hydroxylation is 1. The third kappa shape index (κ3) is 3.30. The third-order valence-corrected chi connectivity index (χ3v) is 4.20. The van der Waals surface area contributed by atoms with Crippen LogP contribution in [-0.2, 0) is 7.05 Å². The zero-order valence-electron chi connectivity index (χ0n) is 13.2. The van der Waals surface area contributed by atoms with Crippen LogP contribution in [0.5, 0.6) is 5.75 Å². The molecule has 24 heavy (non-hydrogen) atoms. The molecule has 0 aliphatic rings. The lowest BCUT2D eigenvalue weighted by molar-refractivity contribution is 0.102. The van der Waals surface area contributed by atoms with Crippen LogP contribution in [0.2, 0.25) is 0 Å². The van der Waals surface area contributed by atoms with Crippen molar-refractivity contribution in [1.82, 2.24) is 14.8 Å². The Morgan fingerprint density at radius 1 is 1.25 bits per heavy atom. The van der Waals surface area contributed by atoms with E-state index in [2.05, 4.69) is 31.4 Å². The van der Waals surface area contributed by atoms with Gasteiger partial charge in [0.15, 0.2) is 5.82 Å². The first-order valence-electron chi connectivity index (χ1n) is 7.18. The molecule has 122 valence electrons. The molecule has 0 saturated carbocycles. The zero-order chi connectivity index (χ0) is 17.1. The number of nitrogens with one attached hydrogen (secondary N) is 1. The van der Waals surface area contributed by atoms with Gasteiger partial charge in [0.25, 0.3) is 5.91 Å². The summed E-state index contributed by atoms with van der Waals surface area (Å²) < 4.78 is 7.69. The zero-order valence-corrected chi connectivity index (χ0v) is 14.7. The van der Waals surface area contributed by atoms with Crippen LogP contribution in [0.3, 0.4) is 0 Å². The van der Waals surface area contributed by atoms with Crippen LogP contribution in [0.25, 0.3) is 11.4 Å². The van der Waals surface area contributed by atoms with Gasteiger partial charge in [-0.1, -0.05) is 12.1 Å². The normalized spacial score (nSPS) is 10.5. The number of rotatable bonds is 4. The van der Waals surface area contributed by atoms with Gasteiger partial charge in [-0.05, 0) is 46.3 Å². The minimum absolute atomic E-state index is 0.226. The van der Waals surface area contributed by atoms with Crippen LogP contribution in [0.15, 0.2) is 53.3 Å². The molecule has 1 aromatic heterocycles. The van der Waals surface area contributed by atoms with Gasteiger partial charge in [0, 0.05) is 22.8 Å². The second kappa shape index (κ2) is 6.84. The number of carbonyl (C=O) groups is 1. The van der Waals surface area contributed by atoms with Crippen molar-refractivity contribution >= 4 is 27.5 Å². The van der Waals surface area contributed by atoms with E-state index in [4.69, 9.17) is 4.74 Å². The highest BCUT2D eigenvalue weighted by Gasteiger charge is 2.13. The van der Waals surface area contributed by atoms with Gasteiger partial charge in [0.05, 0.1) is 12.7 Å². The van der Waals surface area contributed by atoms with Crippen LogP contribution in [-0.4, -0.2) is 27.8 Å². The van der Waals surface area contributed by atoms with Crippen LogP contribution in [0, 0.1) is 0 Å². The summed E-state index contributed by atoms with van der Waals surface area (Å²) in [5.74, 6) is 1.13. The molecule has 1 N–H and O–H groups in total. The lowest BCUT2D eigenvalue weighted by Gasteiger charge is -2.10. The first-order chi connectivity index (χ1) is 11.6. The molecular formula is C17H15BrN4O2. The standard InChI is InChI=1S/C17H15BrN4O2/c1-22-10-19-21-16(22)11-4-3-5-12(8-11)20-17(23)14-9-13(24-2)6-7-15(14)18/h3-10H,1-2H3,(H,20,23). The van der Waals surface area contributed by atoms with E-state index in [1.165, 1.54) is 0 Å². The predicted octanol–water partition coefficient (Wildman–Crippen LogP) is 3.51. The number of aromatic nitrogens is 3. The Morgan fingerprint density at radius 2 is 2.08 bits per heavy atom. The molecule has 0 aliphatic carbocycles. The topological polar surface area (TPSA) is 69.0 Å². The van der Waals surface area contributed by atoms with Crippen molar-refractivity contribution in [3.8, 4) is 17.1 Å². The summed E-state index contributed by atoms with van der Waals surface area (Å²) in [5.41, 5.74) is 2.05. The number of nitrogens with zero attached hydrogens (tertiary/aromatic N) is 3. The van der Waals surface area contributed by atoms with Crippen molar-refractivity contribution in [2.24, 2.45) is 7.05 Å². The van der Waals surface area contributed by atoms with E-state index in [1.807, 2.05) is 35.9 Å². The molecule has 0 aliphatic heterocycles. The molecule has 0 bridgehead atoms. The molecule has 1 heterocycles. The minimum Gasteiger partial charge on any atom is -0.497 e. The third-order valence-electron chi connectivity index (χ3n) is 3.51. The van der Waals surface area contributed by atoms with E-state index in [1.54, 1.807) is 31.6 Å². The number of amides is 1. The Kier molecular flexibility index (Phi) is 4.61. The fourth-order valence-corrected chi connectivity index (χ4v) is 2.71. The number of ether oxygens (including phenoxy) is 1. The van der Waals surface area contributed by atoms with Gasteiger partial charge in [0.1, 0.15) is 12.1 Å². The van der Waals surface area contributed by atoms with Gasteiger partial charge < -0.3 is 14.6 Å². The van der Waals surface area contributed by atoms with Crippen LogP contribution in [0.4, 0.5) is 5.69 Å². The first kappa shape index (κ1) is 16.2. The Balaban J connectivity index is 1.86. The van der Waals surface area contributed by atoms with Crippen molar-refractivity contribution in [3.05, 3.63) is 58.8 Å². The molecule has 7 heteroatoms. The van der Waals surface area contributed by atoms with Crippen LogP contribution < -0.4 is 10.1 Å². The highest BCUT2D eigenvalue weighted by atomic mass is 79.9. The molecule has 3 rings (SSSR count). The maximum Gasteiger partial charge on any atom is 0.256 e. The summed E-state index contributed by atoms with van der Waals surface area (Å²) in [4.78, 5) is 12.5. The van der Waals surface area contributed by atoms with E-state index in [-0.39, 0.29) is 5.91 Å². The van der Waals surface area contributed by atoms with Crippen molar-refractivity contribution in [2.75, 3.05) is 12.4 Å². The van der Waals surface area contributed by atoms with Gasteiger partial charge in [0.2, 0.25) is 0 Å². The lowest BCUT2D eigenvalue weighted by atomic mass is 10.1. The SMILES string of the molecule is COc1ccc(Br)c(C(=O)Nc2cccc(-c3nncn3C)c2)c1. The molecule has 0 radical (unpaired) electrons. The smallest absolute Gasteiger partial charge is 0.256 e. The van der Waals surface area contributed by atoms with Gasteiger partial charge in [-0.15, -0.1) is 10.2 Å². The number of halogens is 1. The summed E-state index contributed by atoms with van der Waals surface area (Å²) in [6.45, 7) is 0. The maximum absolute atomic E-state index is 12.5. The van der Waals surface area contributed by atoms with Crippen molar-refractivity contribution in [2.45, 2.75) is 0 Å². The number of benzene rings is 2. The quantitative estimate of drug-likeness (QED) is 0.744. The second-order valence-electron chi connectivity index (χ2n) is 5.15. The largest absolute Gasteiger partial charge is 0.497 e. The van der Waals surface area contributed by atoms with Gasteiger partial charge in [-0.25, -0.2) is 0 Å². The van der Waals surface area contributed by atoms with E-state index >= 15 is 0 Å².